The van der Waals surface area contributed by atoms with Gasteiger partial charge in [-0.05, 0) is 42.8 Å². The molecule has 0 bridgehead atoms. The molecule has 2 aromatic carbocycles. The standard InChI is InChI=1S/C17H14FN3O/c1-2-7-21-16-5-4-15(9-13(16)11-20-21)22-17-6-3-14(18)8-12(17)10-19/h3-6,8-9,11H,2,7H2,1H3. The van der Waals surface area contributed by atoms with Crippen LogP contribution in [-0.4, -0.2) is 9.78 Å². The zero-order valence-corrected chi connectivity index (χ0v) is 12.1. The Labute approximate surface area is 127 Å². The highest BCUT2D eigenvalue weighted by Crippen LogP contribution is 2.28. The van der Waals surface area contributed by atoms with Crippen LogP contribution in [0.1, 0.15) is 18.9 Å². The maximum absolute atomic E-state index is 13.1. The van der Waals surface area contributed by atoms with Crippen LogP contribution in [0.15, 0.2) is 42.6 Å². The van der Waals surface area contributed by atoms with Crippen molar-refractivity contribution in [2.24, 2.45) is 0 Å². The van der Waals surface area contributed by atoms with E-state index in [9.17, 15) is 4.39 Å². The summed E-state index contributed by atoms with van der Waals surface area (Å²) in [5, 5.41) is 14.3. The van der Waals surface area contributed by atoms with E-state index in [1.165, 1.54) is 12.1 Å². The lowest BCUT2D eigenvalue weighted by molar-refractivity contribution is 0.479. The van der Waals surface area contributed by atoms with Crippen LogP contribution in [0.5, 0.6) is 11.5 Å². The van der Waals surface area contributed by atoms with Gasteiger partial charge in [-0.15, -0.1) is 0 Å². The second kappa shape index (κ2) is 5.86. The molecule has 0 unspecified atom stereocenters. The molecule has 4 nitrogen and oxygen atoms in total. The number of aromatic nitrogens is 2. The van der Waals surface area contributed by atoms with E-state index in [1.807, 2.05) is 29.0 Å². The molecule has 0 aliphatic carbocycles. The van der Waals surface area contributed by atoms with Crippen molar-refractivity contribution in [2.45, 2.75) is 19.9 Å². The van der Waals surface area contributed by atoms with E-state index in [0.29, 0.717) is 11.5 Å². The van der Waals surface area contributed by atoms with E-state index >= 15 is 0 Å². The van der Waals surface area contributed by atoms with Gasteiger partial charge in [0, 0.05) is 11.9 Å². The summed E-state index contributed by atoms with van der Waals surface area (Å²) in [4.78, 5) is 0. The van der Waals surface area contributed by atoms with Gasteiger partial charge in [-0.25, -0.2) is 4.39 Å². The minimum absolute atomic E-state index is 0.168. The van der Waals surface area contributed by atoms with Gasteiger partial charge in [0.05, 0.1) is 17.3 Å². The third-order valence-electron chi connectivity index (χ3n) is 3.34. The topological polar surface area (TPSA) is 50.8 Å². The Morgan fingerprint density at radius 3 is 2.91 bits per heavy atom. The number of hydrogen-bond acceptors (Lipinski definition) is 3. The van der Waals surface area contributed by atoms with Crippen LogP contribution < -0.4 is 4.74 Å². The summed E-state index contributed by atoms with van der Waals surface area (Å²) in [5.41, 5.74) is 1.20. The molecule has 0 amide bonds. The first-order valence-corrected chi connectivity index (χ1v) is 7.04. The van der Waals surface area contributed by atoms with Gasteiger partial charge in [0.15, 0.2) is 0 Å². The minimum Gasteiger partial charge on any atom is -0.456 e. The zero-order chi connectivity index (χ0) is 15.5. The second-order valence-electron chi connectivity index (χ2n) is 4.94. The molecule has 0 spiro atoms. The molecule has 1 aromatic heterocycles. The lowest BCUT2D eigenvalue weighted by Gasteiger charge is -2.08. The van der Waals surface area contributed by atoms with Crippen molar-refractivity contribution >= 4 is 10.9 Å². The molecular formula is C17H14FN3O. The summed E-state index contributed by atoms with van der Waals surface area (Å²) >= 11 is 0. The molecular weight excluding hydrogens is 281 g/mol. The molecule has 0 aliphatic rings. The summed E-state index contributed by atoms with van der Waals surface area (Å²) in [6.45, 7) is 2.96. The van der Waals surface area contributed by atoms with E-state index < -0.39 is 5.82 Å². The predicted octanol–water partition coefficient (Wildman–Crippen LogP) is 4.25. The van der Waals surface area contributed by atoms with Crippen LogP contribution in [-0.2, 0) is 6.54 Å². The molecule has 3 rings (SSSR count). The van der Waals surface area contributed by atoms with Crippen molar-refractivity contribution in [1.29, 1.82) is 5.26 Å². The zero-order valence-electron chi connectivity index (χ0n) is 12.1. The van der Waals surface area contributed by atoms with Crippen molar-refractivity contribution in [2.75, 3.05) is 0 Å². The molecule has 110 valence electrons. The highest BCUT2D eigenvalue weighted by molar-refractivity contribution is 5.80. The lowest BCUT2D eigenvalue weighted by atomic mass is 10.2. The molecule has 22 heavy (non-hydrogen) atoms. The Hall–Kier alpha value is -2.87. The van der Waals surface area contributed by atoms with Crippen LogP contribution in [0.3, 0.4) is 0 Å². The van der Waals surface area contributed by atoms with Crippen molar-refractivity contribution in [1.82, 2.24) is 9.78 Å². The highest BCUT2D eigenvalue weighted by Gasteiger charge is 2.08. The fourth-order valence-electron chi connectivity index (χ4n) is 2.32. The molecule has 0 saturated heterocycles. The summed E-state index contributed by atoms with van der Waals surface area (Å²) in [6.07, 6.45) is 2.80. The molecule has 0 aliphatic heterocycles. The average molecular weight is 295 g/mol. The summed E-state index contributed by atoms with van der Waals surface area (Å²) in [7, 11) is 0. The van der Waals surface area contributed by atoms with Gasteiger partial charge in [-0.2, -0.15) is 10.4 Å². The van der Waals surface area contributed by atoms with Gasteiger partial charge in [0.1, 0.15) is 23.4 Å². The number of ether oxygens (including phenoxy) is 1. The van der Waals surface area contributed by atoms with E-state index in [-0.39, 0.29) is 5.56 Å². The van der Waals surface area contributed by atoms with E-state index in [2.05, 4.69) is 12.0 Å². The number of benzene rings is 2. The molecule has 5 heteroatoms. The number of rotatable bonds is 4. The number of halogens is 1. The third-order valence-corrected chi connectivity index (χ3v) is 3.34. The molecule has 0 N–H and O–H groups in total. The number of hydrogen-bond donors (Lipinski definition) is 0. The van der Waals surface area contributed by atoms with Crippen molar-refractivity contribution in [3.8, 4) is 17.6 Å². The van der Waals surface area contributed by atoms with Crippen molar-refractivity contribution in [3.05, 3.63) is 54.0 Å². The number of nitriles is 1. The largest absolute Gasteiger partial charge is 0.456 e. The van der Waals surface area contributed by atoms with Crippen molar-refractivity contribution < 1.29 is 9.13 Å². The van der Waals surface area contributed by atoms with Gasteiger partial charge >= 0.3 is 0 Å². The van der Waals surface area contributed by atoms with Crippen LogP contribution in [0, 0.1) is 17.1 Å². The molecule has 1 heterocycles. The number of fused-ring (bicyclic) bond motifs is 1. The number of aryl methyl sites for hydroxylation is 1. The first kappa shape index (κ1) is 14.1. The first-order valence-electron chi connectivity index (χ1n) is 7.04. The fraction of sp³-hybridized carbons (Fsp3) is 0.176. The lowest BCUT2D eigenvalue weighted by Crippen LogP contribution is -1.97. The molecule has 0 saturated carbocycles. The Kier molecular flexibility index (Phi) is 3.75. The Morgan fingerprint density at radius 2 is 2.14 bits per heavy atom. The minimum atomic E-state index is -0.458. The van der Waals surface area contributed by atoms with Crippen LogP contribution in [0.2, 0.25) is 0 Å². The van der Waals surface area contributed by atoms with Crippen LogP contribution in [0.4, 0.5) is 4.39 Å². The monoisotopic (exact) mass is 295 g/mol. The van der Waals surface area contributed by atoms with Crippen LogP contribution in [0.25, 0.3) is 10.9 Å². The molecule has 3 aromatic rings. The molecule has 0 atom stereocenters. The average Bonchev–Trinajstić information content (AvgIpc) is 2.92. The normalized spacial score (nSPS) is 10.6. The van der Waals surface area contributed by atoms with E-state index in [4.69, 9.17) is 10.00 Å². The maximum atomic E-state index is 13.1. The Morgan fingerprint density at radius 1 is 1.27 bits per heavy atom. The smallest absolute Gasteiger partial charge is 0.145 e. The van der Waals surface area contributed by atoms with Gasteiger partial charge in [-0.3, -0.25) is 4.68 Å². The van der Waals surface area contributed by atoms with Gasteiger partial charge in [0.2, 0.25) is 0 Å². The molecule has 0 fully saturated rings. The van der Waals surface area contributed by atoms with Gasteiger partial charge in [-0.1, -0.05) is 6.92 Å². The van der Waals surface area contributed by atoms with E-state index in [1.54, 1.807) is 6.20 Å². The SMILES string of the molecule is CCCn1ncc2cc(Oc3ccc(F)cc3C#N)ccc21. The second-order valence-corrected chi connectivity index (χ2v) is 4.94. The van der Waals surface area contributed by atoms with Gasteiger partial charge < -0.3 is 4.74 Å². The first-order chi connectivity index (χ1) is 10.7. The summed E-state index contributed by atoms with van der Waals surface area (Å²) in [5.74, 6) is 0.469. The molecule has 0 radical (unpaired) electrons. The summed E-state index contributed by atoms with van der Waals surface area (Å²) in [6, 6.07) is 11.4. The van der Waals surface area contributed by atoms with E-state index in [0.717, 1.165) is 29.9 Å². The summed E-state index contributed by atoms with van der Waals surface area (Å²) < 4.78 is 20.8. The van der Waals surface area contributed by atoms with Gasteiger partial charge in [0.25, 0.3) is 0 Å². The predicted molar refractivity (Wildman–Crippen MR) is 81.2 cm³/mol. The fourth-order valence-corrected chi connectivity index (χ4v) is 2.32. The van der Waals surface area contributed by atoms with Crippen molar-refractivity contribution in [3.63, 3.8) is 0 Å². The van der Waals surface area contributed by atoms with Crippen LogP contribution >= 0.6 is 0 Å². The Balaban J connectivity index is 1.93. The quantitative estimate of drug-likeness (QED) is 0.723. The highest BCUT2D eigenvalue weighted by atomic mass is 19.1. The number of nitrogens with zero attached hydrogens (tertiary/aromatic N) is 3. The maximum Gasteiger partial charge on any atom is 0.145 e. The Bertz CT molecular complexity index is 864. The third kappa shape index (κ3) is 2.63.